The molecule has 14 aromatic carbocycles. The summed E-state index contributed by atoms with van der Waals surface area (Å²) in [5.74, 6) is 0.894. The van der Waals surface area contributed by atoms with Crippen molar-refractivity contribution >= 4 is 64.6 Å². The smallest absolute Gasteiger partial charge is 0.119 e. The SMILES string of the molecule is CCOc1ccc(-c2c3ccccc3c(-c3ccc4c(c3)C(CC)(CC)c3cc(-c5c6ccccc6c(-c6c7ccccc7c(-c7ccc8c(c7)C(CC)(CC)c7ccccc7-8)c7ccccc67)c6ccccc56)ccc3-4)c3ccccc23)cc1. The van der Waals surface area contributed by atoms with Crippen molar-refractivity contribution in [2.45, 2.75) is 71.1 Å². The van der Waals surface area contributed by atoms with Crippen molar-refractivity contribution in [2.24, 2.45) is 0 Å². The minimum atomic E-state index is -0.187. The Balaban J connectivity index is 0.867. The lowest BCUT2D eigenvalue weighted by atomic mass is 9.72. The summed E-state index contributed by atoms with van der Waals surface area (Å²) in [4.78, 5) is 0. The Morgan fingerprint density at radius 1 is 0.235 bits per heavy atom. The largest absolute Gasteiger partial charge is 0.494 e. The summed E-state index contributed by atoms with van der Waals surface area (Å²) in [5.41, 5.74) is 23.8. The van der Waals surface area contributed by atoms with Gasteiger partial charge in [-0.1, -0.05) is 246 Å². The van der Waals surface area contributed by atoms with Crippen molar-refractivity contribution in [1.29, 1.82) is 0 Å². The molecule has 0 heterocycles. The lowest BCUT2D eigenvalue weighted by Crippen LogP contribution is -2.23. The highest BCUT2D eigenvalue weighted by Gasteiger charge is 2.42. The van der Waals surface area contributed by atoms with E-state index in [-0.39, 0.29) is 10.8 Å². The van der Waals surface area contributed by atoms with Crippen LogP contribution in [0.2, 0.25) is 0 Å². The second-order valence-electron chi connectivity index (χ2n) is 23.9. The molecule has 0 aliphatic heterocycles. The van der Waals surface area contributed by atoms with Gasteiger partial charge in [0.05, 0.1) is 6.61 Å². The third-order valence-corrected chi connectivity index (χ3v) is 20.4. The molecule has 0 bridgehead atoms. The molecule has 0 saturated heterocycles. The quantitative estimate of drug-likeness (QED) is 0.117. The molecule has 85 heavy (non-hydrogen) atoms. The van der Waals surface area contributed by atoms with E-state index >= 15 is 0 Å². The summed E-state index contributed by atoms with van der Waals surface area (Å²) in [7, 11) is 0. The number of rotatable bonds is 11. The first-order valence-corrected chi connectivity index (χ1v) is 31.0. The van der Waals surface area contributed by atoms with Crippen LogP contribution >= 0.6 is 0 Å². The molecule has 0 unspecified atom stereocenters. The van der Waals surface area contributed by atoms with E-state index in [1.807, 2.05) is 6.92 Å². The normalized spacial score (nSPS) is 13.7. The Labute approximate surface area is 498 Å². The van der Waals surface area contributed by atoms with E-state index in [0.717, 1.165) is 31.4 Å². The molecule has 1 heteroatoms. The van der Waals surface area contributed by atoms with Gasteiger partial charge in [-0.15, -0.1) is 0 Å². The van der Waals surface area contributed by atoms with Gasteiger partial charge in [0.15, 0.2) is 0 Å². The second-order valence-corrected chi connectivity index (χ2v) is 23.9. The van der Waals surface area contributed by atoms with Crippen molar-refractivity contribution in [3.05, 3.63) is 271 Å². The molecule has 0 aromatic heterocycles. The zero-order chi connectivity index (χ0) is 57.1. The summed E-state index contributed by atoms with van der Waals surface area (Å²) in [6.07, 6.45) is 4.10. The van der Waals surface area contributed by atoms with Gasteiger partial charge in [0, 0.05) is 10.8 Å². The van der Waals surface area contributed by atoms with Crippen molar-refractivity contribution in [3.8, 4) is 83.6 Å². The molecule has 2 aliphatic carbocycles. The topological polar surface area (TPSA) is 9.23 Å². The first kappa shape index (κ1) is 51.1. The van der Waals surface area contributed by atoms with Crippen LogP contribution in [-0.2, 0) is 10.8 Å². The maximum Gasteiger partial charge on any atom is 0.119 e. The average molecular weight is 1090 g/mol. The molecule has 2 aliphatic rings. The van der Waals surface area contributed by atoms with E-state index in [4.69, 9.17) is 4.74 Å². The highest BCUT2D eigenvalue weighted by Crippen LogP contribution is 2.58. The lowest BCUT2D eigenvalue weighted by Gasteiger charge is -2.30. The molecule has 408 valence electrons. The fourth-order valence-corrected chi connectivity index (χ4v) is 16.5. The molecular weight excluding hydrogens is 1020 g/mol. The average Bonchev–Trinajstić information content (AvgIpc) is 1.95. The molecule has 0 N–H and O–H groups in total. The van der Waals surface area contributed by atoms with Crippen LogP contribution in [-0.4, -0.2) is 6.61 Å². The minimum Gasteiger partial charge on any atom is -0.494 e. The van der Waals surface area contributed by atoms with Gasteiger partial charge in [0.25, 0.3) is 0 Å². The maximum atomic E-state index is 5.89. The monoisotopic (exact) mass is 1090 g/mol. The minimum absolute atomic E-state index is 0.0214. The summed E-state index contributed by atoms with van der Waals surface area (Å²) in [6.45, 7) is 12.2. The second kappa shape index (κ2) is 19.8. The van der Waals surface area contributed by atoms with Crippen LogP contribution < -0.4 is 4.74 Å². The summed E-state index contributed by atoms with van der Waals surface area (Å²) in [5, 5.41) is 15.2. The number of benzene rings is 14. The molecule has 0 radical (unpaired) electrons. The van der Waals surface area contributed by atoms with Crippen molar-refractivity contribution in [3.63, 3.8) is 0 Å². The molecule has 14 aromatic rings. The molecule has 16 rings (SSSR count). The Bertz CT molecular complexity index is 4890. The first-order valence-electron chi connectivity index (χ1n) is 31.0. The van der Waals surface area contributed by atoms with E-state index in [9.17, 15) is 0 Å². The van der Waals surface area contributed by atoms with Gasteiger partial charge in [-0.3, -0.25) is 0 Å². The number of fused-ring (bicyclic) bond motifs is 12. The molecule has 1 nitrogen and oxygen atoms in total. The summed E-state index contributed by atoms with van der Waals surface area (Å²) >= 11 is 0. The van der Waals surface area contributed by atoms with Crippen molar-refractivity contribution < 1.29 is 4.74 Å². The van der Waals surface area contributed by atoms with Gasteiger partial charge in [-0.25, -0.2) is 0 Å². The number of ether oxygens (including phenoxy) is 1. The van der Waals surface area contributed by atoms with Crippen LogP contribution in [0.5, 0.6) is 5.75 Å². The fourth-order valence-electron chi connectivity index (χ4n) is 16.5. The maximum absolute atomic E-state index is 5.89. The summed E-state index contributed by atoms with van der Waals surface area (Å²) < 4.78 is 5.89. The summed E-state index contributed by atoms with van der Waals surface area (Å²) in [6, 6.07) is 95.1. The van der Waals surface area contributed by atoms with Crippen LogP contribution in [0, 0.1) is 0 Å². The molecule has 0 fully saturated rings. The standard InChI is InChI=1S/C84H66O/c1-6-83(7-2)73-38-24-23-25-57(73)58-46-41-53(49-74(58)83)79-65-30-15-19-34-69(65)81(70-35-20-16-31-66(70)79)82-71-36-21-17-32-67(71)80(68-33-18-22-37-72(68)82)55-43-48-60-59-47-42-54(50-75(59)84(8-3,9-4)76(60)51-55)78-63-28-13-11-26-61(63)77(62-27-12-14-29-64(62)78)52-39-44-56(45-40-52)85-10-5/h11-51H,6-10H2,1-5H3. The highest BCUT2D eigenvalue weighted by molar-refractivity contribution is 6.30. The van der Waals surface area contributed by atoms with E-state index < -0.39 is 0 Å². The van der Waals surface area contributed by atoms with Crippen LogP contribution in [0.1, 0.15) is 82.6 Å². The van der Waals surface area contributed by atoms with Gasteiger partial charge in [-0.2, -0.15) is 0 Å². The van der Waals surface area contributed by atoms with Crippen molar-refractivity contribution in [1.82, 2.24) is 0 Å². The molecule has 0 amide bonds. The van der Waals surface area contributed by atoms with Gasteiger partial charge >= 0.3 is 0 Å². The number of hydrogen-bond donors (Lipinski definition) is 0. The predicted octanol–water partition coefficient (Wildman–Crippen LogP) is 23.5. The zero-order valence-electron chi connectivity index (χ0n) is 49.1. The fraction of sp³-hybridized carbons (Fsp3) is 0.143. The zero-order valence-corrected chi connectivity index (χ0v) is 49.1. The third-order valence-electron chi connectivity index (χ3n) is 20.4. The van der Waals surface area contributed by atoms with E-state index in [0.29, 0.717) is 6.61 Å². The molecular formula is C84H66O. The van der Waals surface area contributed by atoms with E-state index in [2.05, 4.69) is 276 Å². The van der Waals surface area contributed by atoms with Gasteiger partial charge in [-0.05, 0) is 228 Å². The Morgan fingerprint density at radius 2 is 0.482 bits per heavy atom. The molecule has 0 saturated carbocycles. The van der Waals surface area contributed by atoms with Crippen LogP contribution in [0.15, 0.2) is 249 Å². The lowest BCUT2D eigenvalue weighted by molar-refractivity contribution is 0.340. The molecule has 0 spiro atoms. The van der Waals surface area contributed by atoms with Crippen LogP contribution in [0.4, 0.5) is 0 Å². The van der Waals surface area contributed by atoms with Gasteiger partial charge in [0.2, 0.25) is 0 Å². The third kappa shape index (κ3) is 7.29. The predicted molar refractivity (Wildman–Crippen MR) is 363 cm³/mol. The van der Waals surface area contributed by atoms with Gasteiger partial charge in [0.1, 0.15) is 5.75 Å². The first-order chi connectivity index (χ1) is 41.9. The molecule has 0 atom stereocenters. The van der Waals surface area contributed by atoms with Crippen LogP contribution in [0.25, 0.3) is 143 Å². The van der Waals surface area contributed by atoms with Crippen LogP contribution in [0.3, 0.4) is 0 Å². The Hall–Kier alpha value is -9.56. The van der Waals surface area contributed by atoms with Gasteiger partial charge < -0.3 is 4.74 Å². The number of hydrogen-bond acceptors (Lipinski definition) is 1. The van der Waals surface area contributed by atoms with Crippen molar-refractivity contribution in [2.75, 3.05) is 6.61 Å². The van der Waals surface area contributed by atoms with E-state index in [1.165, 1.54) is 165 Å². The van der Waals surface area contributed by atoms with E-state index in [1.54, 1.807) is 0 Å². The highest BCUT2D eigenvalue weighted by atomic mass is 16.5. The Kier molecular flexibility index (Phi) is 11.9. The Morgan fingerprint density at radius 3 is 0.788 bits per heavy atom.